The second-order valence-corrected chi connectivity index (χ2v) is 6.33. The third kappa shape index (κ3) is 3.51. The van der Waals surface area contributed by atoms with Crippen LogP contribution in [-0.4, -0.2) is 47.2 Å². The summed E-state index contributed by atoms with van der Waals surface area (Å²) in [6.45, 7) is 0.170. The number of hydrogen-bond donors (Lipinski definition) is 4. The zero-order valence-corrected chi connectivity index (χ0v) is 11.5. The maximum atomic E-state index is 10.9. The topological polar surface area (TPSA) is 147 Å². The molecule has 20 heavy (non-hydrogen) atoms. The van der Waals surface area contributed by atoms with E-state index in [2.05, 4.69) is 15.0 Å². The summed E-state index contributed by atoms with van der Waals surface area (Å²) in [6.07, 6.45) is 2.79. The molecule has 0 bridgehead atoms. The second kappa shape index (κ2) is 5.84. The van der Waals surface area contributed by atoms with E-state index in [4.69, 9.17) is 15.5 Å². The summed E-state index contributed by atoms with van der Waals surface area (Å²) < 4.78 is 12.6. The van der Waals surface area contributed by atoms with Crippen LogP contribution in [0.5, 0.6) is 0 Å². The van der Waals surface area contributed by atoms with Crippen LogP contribution in [0.15, 0.2) is 12.7 Å². The van der Waals surface area contributed by atoms with Gasteiger partial charge in [-0.25, -0.2) is 15.0 Å². The Morgan fingerprint density at radius 2 is 2.10 bits per heavy atom. The number of nitrogens with two attached hydrogens (primary N) is 1. The van der Waals surface area contributed by atoms with Crippen molar-refractivity contribution >= 4 is 24.6 Å². The first kappa shape index (κ1) is 14.9. The van der Waals surface area contributed by atoms with Crippen LogP contribution in [0.2, 0.25) is 0 Å². The summed E-state index contributed by atoms with van der Waals surface area (Å²) in [5.41, 5.74) is 6.68. The third-order valence-electron chi connectivity index (χ3n) is 2.97. The molecule has 0 fully saturated rings. The summed E-state index contributed by atoms with van der Waals surface area (Å²) in [6, 6.07) is 0. The summed E-state index contributed by atoms with van der Waals surface area (Å²) >= 11 is 0. The highest BCUT2D eigenvalue weighted by molar-refractivity contribution is 7.51. The Balaban J connectivity index is 2.14. The molecule has 0 aliphatic rings. The van der Waals surface area contributed by atoms with E-state index in [1.807, 2.05) is 0 Å². The Morgan fingerprint density at radius 3 is 2.75 bits per heavy atom. The summed E-state index contributed by atoms with van der Waals surface area (Å²) in [4.78, 5) is 29.7. The molecule has 0 spiro atoms. The van der Waals surface area contributed by atoms with E-state index < -0.39 is 7.60 Å². The Labute approximate surface area is 114 Å². The van der Waals surface area contributed by atoms with Crippen LogP contribution in [-0.2, 0) is 11.1 Å². The van der Waals surface area contributed by atoms with Gasteiger partial charge in [-0.3, -0.25) is 4.57 Å². The highest BCUT2D eigenvalue weighted by Gasteiger charge is 2.18. The molecule has 2 rings (SSSR count). The number of nitrogen functional groups attached to an aromatic ring is 1. The second-order valence-electron chi connectivity index (χ2n) is 4.55. The fraction of sp³-hybridized carbons (Fsp3) is 0.500. The third-order valence-corrected chi connectivity index (χ3v) is 3.81. The first-order valence-corrected chi connectivity index (χ1v) is 7.77. The van der Waals surface area contributed by atoms with Crippen molar-refractivity contribution < 1.29 is 19.5 Å². The van der Waals surface area contributed by atoms with Crippen LogP contribution in [0.4, 0.5) is 5.82 Å². The summed E-state index contributed by atoms with van der Waals surface area (Å²) in [7, 11) is -4.06. The van der Waals surface area contributed by atoms with Crippen molar-refractivity contribution in [1.29, 1.82) is 0 Å². The molecule has 0 amide bonds. The van der Waals surface area contributed by atoms with Gasteiger partial charge in [-0.1, -0.05) is 0 Å². The van der Waals surface area contributed by atoms with Crippen LogP contribution in [0.25, 0.3) is 11.2 Å². The van der Waals surface area contributed by atoms with Gasteiger partial charge in [0.05, 0.1) is 12.5 Å². The maximum absolute atomic E-state index is 10.9. The molecule has 0 saturated carbocycles. The lowest BCUT2D eigenvalue weighted by Crippen LogP contribution is -2.16. The van der Waals surface area contributed by atoms with Gasteiger partial charge in [0.1, 0.15) is 11.8 Å². The predicted octanol–water partition coefficient (Wildman–Crippen LogP) is -0.415. The minimum Gasteiger partial charge on any atom is -0.396 e. The number of nitrogens with zero attached hydrogens (tertiary/aromatic N) is 4. The van der Waals surface area contributed by atoms with Crippen LogP contribution in [0.1, 0.15) is 6.42 Å². The standard InChI is InChI=1S/C10H16N5O4P/c11-9-8-10(13-5-12-9)15(6-14-8)3-7(4-16)1-2-20(17,18)19/h5-7,16H,1-4H2,(H2,11,12,13)(H2,17,18,19). The van der Waals surface area contributed by atoms with Gasteiger partial charge in [0, 0.05) is 19.1 Å². The molecular formula is C10H16N5O4P. The molecule has 5 N–H and O–H groups in total. The molecule has 0 radical (unpaired) electrons. The van der Waals surface area contributed by atoms with Gasteiger partial charge in [-0.05, 0) is 6.42 Å². The molecule has 0 aliphatic carbocycles. The van der Waals surface area contributed by atoms with Crippen LogP contribution in [0.3, 0.4) is 0 Å². The average molecular weight is 301 g/mol. The van der Waals surface area contributed by atoms with Crippen LogP contribution >= 0.6 is 7.60 Å². The van der Waals surface area contributed by atoms with Crippen molar-refractivity contribution in [3.05, 3.63) is 12.7 Å². The quantitative estimate of drug-likeness (QED) is 0.526. The van der Waals surface area contributed by atoms with Gasteiger partial charge in [-0.15, -0.1) is 0 Å². The number of aromatic nitrogens is 4. The van der Waals surface area contributed by atoms with Crippen molar-refractivity contribution in [2.24, 2.45) is 5.92 Å². The van der Waals surface area contributed by atoms with E-state index in [1.165, 1.54) is 12.7 Å². The number of fused-ring (bicyclic) bond motifs is 1. The average Bonchev–Trinajstić information content (AvgIpc) is 2.78. The number of hydrogen-bond acceptors (Lipinski definition) is 6. The highest BCUT2D eigenvalue weighted by Crippen LogP contribution is 2.36. The lowest BCUT2D eigenvalue weighted by atomic mass is 10.1. The molecule has 2 aromatic heterocycles. The molecule has 2 aromatic rings. The van der Waals surface area contributed by atoms with Gasteiger partial charge in [-0.2, -0.15) is 0 Å². The first-order chi connectivity index (χ1) is 9.40. The zero-order chi connectivity index (χ0) is 14.8. The van der Waals surface area contributed by atoms with Gasteiger partial charge in [0.15, 0.2) is 11.5 Å². The van der Waals surface area contributed by atoms with Gasteiger partial charge in [0.2, 0.25) is 0 Å². The molecule has 0 saturated heterocycles. The molecule has 10 heteroatoms. The van der Waals surface area contributed by atoms with Crippen molar-refractivity contribution in [2.45, 2.75) is 13.0 Å². The number of imidazole rings is 1. The van der Waals surface area contributed by atoms with E-state index in [1.54, 1.807) is 4.57 Å². The van der Waals surface area contributed by atoms with Crippen LogP contribution < -0.4 is 5.73 Å². The van der Waals surface area contributed by atoms with Gasteiger partial charge >= 0.3 is 7.60 Å². The minimum atomic E-state index is -4.06. The van der Waals surface area contributed by atoms with E-state index in [9.17, 15) is 9.67 Å². The first-order valence-electron chi connectivity index (χ1n) is 5.97. The molecule has 1 atom stereocenters. The van der Waals surface area contributed by atoms with Crippen molar-refractivity contribution in [3.63, 3.8) is 0 Å². The van der Waals surface area contributed by atoms with Crippen LogP contribution in [0, 0.1) is 5.92 Å². The minimum absolute atomic E-state index is 0.180. The van der Waals surface area contributed by atoms with E-state index >= 15 is 0 Å². The largest absolute Gasteiger partial charge is 0.396 e. The van der Waals surface area contributed by atoms with Gasteiger partial charge < -0.3 is 25.2 Å². The van der Waals surface area contributed by atoms with Gasteiger partial charge in [0.25, 0.3) is 0 Å². The summed E-state index contributed by atoms with van der Waals surface area (Å²) in [5.74, 6) is -0.0271. The lowest BCUT2D eigenvalue weighted by Gasteiger charge is -2.15. The molecule has 0 aromatic carbocycles. The van der Waals surface area contributed by atoms with E-state index in [0.717, 1.165) is 0 Å². The Bertz CT molecular complexity index is 640. The fourth-order valence-electron chi connectivity index (χ4n) is 1.90. The molecule has 110 valence electrons. The molecular weight excluding hydrogens is 285 g/mol. The Kier molecular flexibility index (Phi) is 4.34. The molecule has 0 aliphatic heterocycles. The SMILES string of the molecule is Nc1ncnc2c1ncn2CC(CO)CCP(=O)(O)O. The molecule has 1 unspecified atom stereocenters. The Hall–Kier alpha value is -1.54. The van der Waals surface area contributed by atoms with E-state index in [-0.39, 0.29) is 30.9 Å². The zero-order valence-electron chi connectivity index (χ0n) is 10.6. The normalized spacial score (nSPS) is 13.8. The van der Waals surface area contributed by atoms with E-state index in [0.29, 0.717) is 17.7 Å². The molecule has 2 heterocycles. The maximum Gasteiger partial charge on any atom is 0.325 e. The van der Waals surface area contributed by atoms with Crippen molar-refractivity contribution in [2.75, 3.05) is 18.5 Å². The van der Waals surface area contributed by atoms with Crippen molar-refractivity contribution in [3.8, 4) is 0 Å². The summed E-state index contributed by atoms with van der Waals surface area (Å²) in [5, 5.41) is 9.30. The highest BCUT2D eigenvalue weighted by atomic mass is 31.2. The molecule has 9 nitrogen and oxygen atoms in total. The number of aliphatic hydroxyl groups is 1. The lowest BCUT2D eigenvalue weighted by molar-refractivity contribution is 0.206. The Morgan fingerprint density at radius 1 is 1.35 bits per heavy atom. The number of aliphatic hydroxyl groups excluding tert-OH is 1. The predicted molar refractivity (Wildman–Crippen MR) is 71.8 cm³/mol. The number of rotatable bonds is 6. The fourth-order valence-corrected chi connectivity index (χ4v) is 2.60. The smallest absolute Gasteiger partial charge is 0.325 e. The monoisotopic (exact) mass is 301 g/mol. The number of anilines is 1. The van der Waals surface area contributed by atoms with Crippen molar-refractivity contribution in [1.82, 2.24) is 19.5 Å².